The van der Waals surface area contributed by atoms with Crippen molar-refractivity contribution in [2.75, 3.05) is 39.8 Å². The highest BCUT2D eigenvalue weighted by molar-refractivity contribution is 5.75. The van der Waals surface area contributed by atoms with Gasteiger partial charge in [0.1, 0.15) is 6.04 Å². The molecule has 0 aliphatic carbocycles. The molecule has 6 nitrogen and oxygen atoms in total. The molecule has 6 heteroatoms. The predicted molar refractivity (Wildman–Crippen MR) is 73.1 cm³/mol. The Kier molecular flexibility index (Phi) is 5.35. The van der Waals surface area contributed by atoms with Gasteiger partial charge in [0.15, 0.2) is 0 Å². The van der Waals surface area contributed by atoms with E-state index in [1.54, 1.807) is 23.8 Å². The van der Waals surface area contributed by atoms with E-state index < -0.39 is 12.0 Å². The first-order valence-electron chi connectivity index (χ1n) is 6.44. The largest absolute Gasteiger partial charge is 0.480 e. The summed E-state index contributed by atoms with van der Waals surface area (Å²) >= 11 is 0. The molecule has 1 aliphatic heterocycles. The Balaban J connectivity index is 2.47. The number of aliphatic carboxylic acids is 1. The summed E-state index contributed by atoms with van der Waals surface area (Å²) in [5.74, 6) is -0.820. The number of hydrogen-bond acceptors (Lipinski definition) is 3. The van der Waals surface area contributed by atoms with Gasteiger partial charge in [0.05, 0.1) is 0 Å². The average molecular weight is 269 g/mol. The number of carboxylic acid groups (broad SMARTS) is 1. The number of nitrogens with zero attached hydrogens (tertiary/aromatic N) is 3. The molecule has 1 N–H and O–H groups in total. The van der Waals surface area contributed by atoms with E-state index in [4.69, 9.17) is 5.11 Å². The molecular formula is C13H23N3O3. The van der Waals surface area contributed by atoms with E-state index in [0.29, 0.717) is 32.7 Å². The number of likely N-dealkylation sites (N-methyl/N-ethyl adjacent to an activating group) is 1. The van der Waals surface area contributed by atoms with E-state index >= 15 is 0 Å². The van der Waals surface area contributed by atoms with Gasteiger partial charge in [0, 0.05) is 39.8 Å². The summed E-state index contributed by atoms with van der Waals surface area (Å²) in [6, 6.07) is -0.518. The summed E-state index contributed by atoms with van der Waals surface area (Å²) in [6.07, 6.45) is 0. The van der Waals surface area contributed by atoms with Crippen molar-refractivity contribution in [2.24, 2.45) is 0 Å². The molecule has 0 bridgehead atoms. The lowest BCUT2D eigenvalue weighted by Gasteiger charge is -2.38. The van der Waals surface area contributed by atoms with Crippen LogP contribution in [0, 0.1) is 0 Å². The molecule has 1 heterocycles. The summed E-state index contributed by atoms with van der Waals surface area (Å²) < 4.78 is 0. The molecule has 1 unspecified atom stereocenters. The Morgan fingerprint density at radius 3 is 2.26 bits per heavy atom. The van der Waals surface area contributed by atoms with Gasteiger partial charge in [-0.2, -0.15) is 0 Å². The summed E-state index contributed by atoms with van der Waals surface area (Å²) in [7, 11) is 1.75. The summed E-state index contributed by atoms with van der Waals surface area (Å²) in [4.78, 5) is 28.3. The van der Waals surface area contributed by atoms with Gasteiger partial charge in [-0.05, 0) is 13.8 Å². The second-order valence-electron chi connectivity index (χ2n) is 5.13. The lowest BCUT2D eigenvalue weighted by Crippen LogP contribution is -2.55. The second-order valence-corrected chi connectivity index (χ2v) is 5.13. The third-order valence-electron chi connectivity index (χ3n) is 3.32. The highest BCUT2D eigenvalue weighted by atomic mass is 16.4. The molecule has 0 aromatic heterocycles. The van der Waals surface area contributed by atoms with E-state index in [1.165, 1.54) is 0 Å². The molecule has 1 atom stereocenters. The molecule has 19 heavy (non-hydrogen) atoms. The zero-order valence-electron chi connectivity index (χ0n) is 11.9. The minimum absolute atomic E-state index is 0.0226. The number of carbonyl (C=O) groups excluding carboxylic acids is 1. The molecule has 1 fully saturated rings. The molecule has 0 aromatic rings. The number of carboxylic acids is 1. The van der Waals surface area contributed by atoms with Crippen LogP contribution in [0.5, 0.6) is 0 Å². The monoisotopic (exact) mass is 269 g/mol. The Labute approximate surface area is 114 Å². The van der Waals surface area contributed by atoms with Gasteiger partial charge in [-0.3, -0.25) is 9.69 Å². The van der Waals surface area contributed by atoms with Crippen LogP contribution in [0.2, 0.25) is 0 Å². The third kappa shape index (κ3) is 4.24. The first kappa shape index (κ1) is 15.5. The van der Waals surface area contributed by atoms with Crippen LogP contribution in [0.1, 0.15) is 13.8 Å². The van der Waals surface area contributed by atoms with Gasteiger partial charge in [-0.15, -0.1) is 0 Å². The molecule has 0 radical (unpaired) electrons. The average Bonchev–Trinajstić information content (AvgIpc) is 2.36. The fourth-order valence-corrected chi connectivity index (χ4v) is 2.17. The molecule has 2 amide bonds. The lowest BCUT2D eigenvalue weighted by molar-refractivity contribution is -0.143. The number of carbonyl (C=O) groups is 2. The van der Waals surface area contributed by atoms with E-state index in [9.17, 15) is 9.59 Å². The maximum atomic E-state index is 12.1. The van der Waals surface area contributed by atoms with Gasteiger partial charge in [0.2, 0.25) is 0 Å². The minimum atomic E-state index is -0.820. The normalized spacial score (nSPS) is 17.9. The first-order chi connectivity index (χ1) is 8.82. The van der Waals surface area contributed by atoms with Crippen molar-refractivity contribution < 1.29 is 14.7 Å². The second kappa shape index (κ2) is 6.56. The lowest BCUT2D eigenvalue weighted by atomic mass is 10.2. The Morgan fingerprint density at radius 1 is 1.32 bits per heavy atom. The van der Waals surface area contributed by atoms with Gasteiger partial charge in [0.25, 0.3) is 0 Å². The standard InChI is InChI=1S/C13H23N3O3/c1-10(2)9-14(4)13(19)16-7-5-15(6-8-16)11(3)12(17)18/h11H,1,5-9H2,2-4H3,(H,17,18). The zero-order valence-corrected chi connectivity index (χ0v) is 11.9. The number of piperazine rings is 1. The minimum Gasteiger partial charge on any atom is -0.480 e. The van der Waals surface area contributed by atoms with Crippen molar-refractivity contribution >= 4 is 12.0 Å². The molecular weight excluding hydrogens is 246 g/mol. The van der Waals surface area contributed by atoms with Crippen LogP contribution in [-0.2, 0) is 4.79 Å². The number of urea groups is 1. The van der Waals surface area contributed by atoms with Crippen LogP contribution in [0.3, 0.4) is 0 Å². The van der Waals surface area contributed by atoms with E-state index in [1.807, 2.05) is 11.8 Å². The third-order valence-corrected chi connectivity index (χ3v) is 3.32. The Bertz CT molecular complexity index is 362. The SMILES string of the molecule is C=C(C)CN(C)C(=O)N1CCN(C(C)C(=O)O)CC1. The maximum absolute atomic E-state index is 12.1. The number of rotatable bonds is 4. The zero-order chi connectivity index (χ0) is 14.6. The van der Waals surface area contributed by atoms with Crippen molar-refractivity contribution in [3.05, 3.63) is 12.2 Å². The highest BCUT2D eigenvalue weighted by Gasteiger charge is 2.28. The number of amides is 2. The molecule has 1 aliphatic rings. The van der Waals surface area contributed by atoms with Crippen LogP contribution >= 0.6 is 0 Å². The topological polar surface area (TPSA) is 64.1 Å². The summed E-state index contributed by atoms with van der Waals surface area (Å²) in [5.41, 5.74) is 0.939. The molecule has 1 rings (SSSR count). The van der Waals surface area contributed by atoms with Gasteiger partial charge in [-0.1, -0.05) is 12.2 Å². The quantitative estimate of drug-likeness (QED) is 0.763. The van der Waals surface area contributed by atoms with Crippen molar-refractivity contribution in [1.29, 1.82) is 0 Å². The molecule has 0 spiro atoms. The van der Waals surface area contributed by atoms with Crippen LogP contribution in [0.4, 0.5) is 4.79 Å². The van der Waals surface area contributed by atoms with Gasteiger partial charge < -0.3 is 14.9 Å². The van der Waals surface area contributed by atoms with Crippen molar-refractivity contribution in [2.45, 2.75) is 19.9 Å². The van der Waals surface area contributed by atoms with Crippen molar-refractivity contribution in [3.63, 3.8) is 0 Å². The highest BCUT2D eigenvalue weighted by Crippen LogP contribution is 2.09. The molecule has 108 valence electrons. The van der Waals surface area contributed by atoms with Crippen molar-refractivity contribution in [1.82, 2.24) is 14.7 Å². The fourth-order valence-electron chi connectivity index (χ4n) is 2.17. The Morgan fingerprint density at radius 2 is 1.84 bits per heavy atom. The molecule has 0 saturated carbocycles. The van der Waals surface area contributed by atoms with Gasteiger partial charge >= 0.3 is 12.0 Å². The van der Waals surface area contributed by atoms with Crippen LogP contribution in [0.25, 0.3) is 0 Å². The van der Waals surface area contributed by atoms with Crippen LogP contribution in [0.15, 0.2) is 12.2 Å². The summed E-state index contributed by atoms with van der Waals surface area (Å²) in [6.45, 7) is 10.2. The fraction of sp³-hybridized carbons (Fsp3) is 0.692. The molecule has 0 aromatic carbocycles. The van der Waals surface area contributed by atoms with Crippen LogP contribution < -0.4 is 0 Å². The maximum Gasteiger partial charge on any atom is 0.320 e. The predicted octanol–water partition coefficient (Wildman–Crippen LogP) is 0.705. The molecule has 1 saturated heterocycles. The number of hydrogen-bond donors (Lipinski definition) is 1. The van der Waals surface area contributed by atoms with Crippen LogP contribution in [-0.4, -0.2) is 77.6 Å². The van der Waals surface area contributed by atoms with Gasteiger partial charge in [-0.25, -0.2) is 4.79 Å². The Hall–Kier alpha value is -1.56. The summed E-state index contributed by atoms with van der Waals surface area (Å²) in [5, 5.41) is 8.96. The van der Waals surface area contributed by atoms with E-state index in [-0.39, 0.29) is 6.03 Å². The van der Waals surface area contributed by atoms with Crippen molar-refractivity contribution in [3.8, 4) is 0 Å². The van der Waals surface area contributed by atoms with E-state index in [2.05, 4.69) is 6.58 Å². The first-order valence-corrected chi connectivity index (χ1v) is 6.44. The van der Waals surface area contributed by atoms with E-state index in [0.717, 1.165) is 5.57 Å². The smallest absolute Gasteiger partial charge is 0.320 e.